The Kier molecular flexibility index (Phi) is 5.58. The molecule has 0 saturated carbocycles. The van der Waals surface area contributed by atoms with Gasteiger partial charge >= 0.3 is 0 Å². The highest BCUT2D eigenvalue weighted by atomic mass is 32.2. The number of aromatic nitrogens is 1. The molecule has 110 valence electrons. The molecule has 0 aliphatic heterocycles. The first-order chi connectivity index (χ1) is 8.84. The van der Waals surface area contributed by atoms with Gasteiger partial charge in [0.15, 0.2) is 0 Å². The first-order valence-electron chi connectivity index (χ1n) is 6.62. The van der Waals surface area contributed by atoms with Crippen LogP contribution in [0.3, 0.4) is 0 Å². The maximum absolute atomic E-state index is 12.5. The van der Waals surface area contributed by atoms with Gasteiger partial charge in [-0.1, -0.05) is 13.3 Å². The van der Waals surface area contributed by atoms with Crippen molar-refractivity contribution in [3.8, 4) is 0 Å². The van der Waals surface area contributed by atoms with Crippen LogP contribution in [0.1, 0.15) is 32.4 Å². The summed E-state index contributed by atoms with van der Waals surface area (Å²) in [4.78, 5) is 0.366. The SMILES string of the molecule is CCCC(C)N(C)S(=O)(=O)c1cc(CNC)n(C)c1. The molecule has 0 aliphatic carbocycles. The highest BCUT2D eigenvalue weighted by Gasteiger charge is 2.26. The Morgan fingerprint density at radius 1 is 1.47 bits per heavy atom. The van der Waals surface area contributed by atoms with Crippen LogP contribution in [0.5, 0.6) is 0 Å². The van der Waals surface area contributed by atoms with Gasteiger partial charge in [-0.05, 0) is 26.5 Å². The third kappa shape index (κ3) is 3.58. The van der Waals surface area contributed by atoms with Crippen molar-refractivity contribution >= 4 is 10.0 Å². The minimum Gasteiger partial charge on any atom is -0.352 e. The van der Waals surface area contributed by atoms with Crippen LogP contribution in [-0.4, -0.2) is 37.4 Å². The highest BCUT2D eigenvalue weighted by molar-refractivity contribution is 7.89. The van der Waals surface area contributed by atoms with E-state index in [4.69, 9.17) is 0 Å². The van der Waals surface area contributed by atoms with E-state index in [9.17, 15) is 8.42 Å². The molecular weight excluding hydrogens is 262 g/mol. The molecular formula is C13H25N3O2S. The Bertz CT molecular complexity index is 508. The minimum absolute atomic E-state index is 0.0166. The molecule has 0 saturated heterocycles. The topological polar surface area (TPSA) is 54.3 Å². The molecule has 1 atom stereocenters. The highest BCUT2D eigenvalue weighted by Crippen LogP contribution is 2.20. The van der Waals surface area contributed by atoms with Crippen LogP contribution in [-0.2, 0) is 23.6 Å². The average molecular weight is 287 g/mol. The third-order valence-electron chi connectivity index (χ3n) is 3.44. The van der Waals surface area contributed by atoms with Gasteiger partial charge in [-0.25, -0.2) is 8.42 Å². The predicted octanol–water partition coefficient (Wildman–Crippen LogP) is 1.55. The van der Waals surface area contributed by atoms with E-state index in [-0.39, 0.29) is 6.04 Å². The van der Waals surface area contributed by atoms with Crippen LogP contribution in [0.2, 0.25) is 0 Å². The van der Waals surface area contributed by atoms with E-state index in [1.54, 1.807) is 19.3 Å². The lowest BCUT2D eigenvalue weighted by Gasteiger charge is -2.23. The Balaban J connectivity index is 3.03. The van der Waals surface area contributed by atoms with Crippen molar-refractivity contribution in [3.05, 3.63) is 18.0 Å². The third-order valence-corrected chi connectivity index (χ3v) is 5.38. The molecule has 0 amide bonds. The second kappa shape index (κ2) is 6.54. The van der Waals surface area contributed by atoms with E-state index in [0.717, 1.165) is 18.5 Å². The summed E-state index contributed by atoms with van der Waals surface area (Å²) in [6, 6.07) is 1.75. The second-order valence-corrected chi connectivity index (χ2v) is 6.96. The Morgan fingerprint density at radius 3 is 2.63 bits per heavy atom. The summed E-state index contributed by atoms with van der Waals surface area (Å²) in [6.45, 7) is 4.66. The lowest BCUT2D eigenvalue weighted by Crippen LogP contribution is -2.34. The molecule has 1 aromatic rings. The molecule has 1 rings (SSSR count). The molecule has 1 unspecified atom stereocenters. The van der Waals surface area contributed by atoms with Gasteiger partial charge in [0, 0.05) is 38.6 Å². The zero-order valence-electron chi connectivity index (χ0n) is 12.5. The van der Waals surface area contributed by atoms with Gasteiger partial charge in [-0.15, -0.1) is 0 Å². The van der Waals surface area contributed by atoms with Crippen molar-refractivity contribution < 1.29 is 8.42 Å². The lowest BCUT2D eigenvalue weighted by atomic mass is 10.2. The lowest BCUT2D eigenvalue weighted by molar-refractivity contribution is 0.368. The zero-order chi connectivity index (χ0) is 14.6. The van der Waals surface area contributed by atoms with Crippen molar-refractivity contribution in [2.75, 3.05) is 14.1 Å². The normalized spacial score (nSPS) is 14.0. The van der Waals surface area contributed by atoms with E-state index < -0.39 is 10.0 Å². The molecule has 0 aliphatic rings. The van der Waals surface area contributed by atoms with E-state index in [2.05, 4.69) is 12.2 Å². The van der Waals surface area contributed by atoms with E-state index >= 15 is 0 Å². The summed E-state index contributed by atoms with van der Waals surface area (Å²) in [7, 11) is 1.96. The fourth-order valence-corrected chi connectivity index (χ4v) is 3.57. The monoisotopic (exact) mass is 287 g/mol. The van der Waals surface area contributed by atoms with Crippen LogP contribution in [0, 0.1) is 0 Å². The Labute approximate surface area is 116 Å². The summed E-state index contributed by atoms with van der Waals surface area (Å²) in [5, 5.41) is 3.03. The van der Waals surface area contributed by atoms with Crippen LogP contribution in [0.25, 0.3) is 0 Å². The molecule has 6 heteroatoms. The molecule has 1 N–H and O–H groups in total. The number of hydrogen-bond acceptors (Lipinski definition) is 3. The van der Waals surface area contributed by atoms with Gasteiger partial charge < -0.3 is 9.88 Å². The van der Waals surface area contributed by atoms with E-state index in [1.807, 2.05) is 25.6 Å². The van der Waals surface area contributed by atoms with Crippen molar-refractivity contribution in [1.82, 2.24) is 14.2 Å². The van der Waals surface area contributed by atoms with Gasteiger partial charge in [-0.2, -0.15) is 4.31 Å². The van der Waals surface area contributed by atoms with E-state index in [0.29, 0.717) is 11.4 Å². The molecule has 5 nitrogen and oxygen atoms in total. The summed E-state index contributed by atoms with van der Waals surface area (Å²) >= 11 is 0. The van der Waals surface area contributed by atoms with Gasteiger partial charge in [0.1, 0.15) is 4.90 Å². The first kappa shape index (κ1) is 16.2. The quantitative estimate of drug-likeness (QED) is 0.828. The molecule has 0 bridgehead atoms. The Hall–Kier alpha value is -0.850. The molecule has 0 spiro atoms. The van der Waals surface area contributed by atoms with Crippen molar-refractivity contribution in [2.45, 2.75) is 44.2 Å². The number of nitrogens with one attached hydrogen (secondary N) is 1. The fourth-order valence-electron chi connectivity index (χ4n) is 2.08. The van der Waals surface area contributed by atoms with Crippen molar-refractivity contribution in [1.29, 1.82) is 0 Å². The van der Waals surface area contributed by atoms with Gasteiger partial charge in [-0.3, -0.25) is 0 Å². The smallest absolute Gasteiger partial charge is 0.244 e. The summed E-state index contributed by atoms with van der Waals surface area (Å²) in [5.74, 6) is 0. The van der Waals surface area contributed by atoms with Gasteiger partial charge in [0.05, 0.1) is 0 Å². The van der Waals surface area contributed by atoms with Crippen LogP contribution in [0.15, 0.2) is 17.2 Å². The maximum Gasteiger partial charge on any atom is 0.244 e. The minimum atomic E-state index is -3.40. The molecule has 19 heavy (non-hydrogen) atoms. The average Bonchev–Trinajstić information content (AvgIpc) is 2.71. The van der Waals surface area contributed by atoms with Crippen LogP contribution < -0.4 is 5.32 Å². The summed E-state index contributed by atoms with van der Waals surface area (Å²) in [6.07, 6.45) is 3.52. The molecule has 1 heterocycles. The summed E-state index contributed by atoms with van der Waals surface area (Å²) < 4.78 is 28.3. The molecule has 1 aromatic heterocycles. The molecule has 0 radical (unpaired) electrons. The number of rotatable bonds is 7. The second-order valence-electron chi connectivity index (χ2n) is 4.97. The number of nitrogens with zero attached hydrogens (tertiary/aromatic N) is 2. The van der Waals surface area contributed by atoms with Crippen LogP contribution in [0.4, 0.5) is 0 Å². The number of sulfonamides is 1. The first-order valence-corrected chi connectivity index (χ1v) is 8.06. The predicted molar refractivity (Wildman–Crippen MR) is 77.5 cm³/mol. The molecule has 0 aromatic carbocycles. The fraction of sp³-hybridized carbons (Fsp3) is 0.692. The van der Waals surface area contributed by atoms with Crippen LogP contribution >= 0.6 is 0 Å². The zero-order valence-corrected chi connectivity index (χ0v) is 13.3. The van der Waals surface area contributed by atoms with Gasteiger partial charge in [0.25, 0.3) is 0 Å². The van der Waals surface area contributed by atoms with Gasteiger partial charge in [0.2, 0.25) is 10.0 Å². The number of aryl methyl sites for hydroxylation is 1. The molecule has 0 fully saturated rings. The van der Waals surface area contributed by atoms with Crippen molar-refractivity contribution in [3.63, 3.8) is 0 Å². The Morgan fingerprint density at radius 2 is 2.11 bits per heavy atom. The standard InChI is InChI=1S/C13H25N3O2S/c1-6-7-11(2)16(5)19(17,18)13-8-12(9-14-3)15(4)10-13/h8,10-11,14H,6-7,9H2,1-5H3. The maximum atomic E-state index is 12.5. The summed E-state index contributed by atoms with van der Waals surface area (Å²) in [5.41, 5.74) is 0.956. The largest absolute Gasteiger partial charge is 0.352 e. The van der Waals surface area contributed by atoms with Crippen molar-refractivity contribution in [2.24, 2.45) is 7.05 Å². The number of hydrogen-bond donors (Lipinski definition) is 1. The van der Waals surface area contributed by atoms with E-state index in [1.165, 1.54) is 4.31 Å².